The Labute approximate surface area is 170 Å². The van der Waals surface area contributed by atoms with Crippen molar-refractivity contribution in [3.63, 3.8) is 0 Å². The van der Waals surface area contributed by atoms with Gasteiger partial charge in [-0.2, -0.15) is 0 Å². The zero-order valence-electron chi connectivity index (χ0n) is 18.3. The molecule has 5 atom stereocenters. The molecule has 0 unspecified atom stereocenters. The highest BCUT2D eigenvalue weighted by molar-refractivity contribution is 5.82. The smallest absolute Gasteiger partial charge is 0.330 e. The minimum absolute atomic E-state index is 0.121. The lowest BCUT2D eigenvalue weighted by atomic mass is 9.45. The molecule has 0 saturated heterocycles. The molecule has 0 aromatic heterocycles. The van der Waals surface area contributed by atoms with Crippen LogP contribution in [0.15, 0.2) is 11.6 Å². The van der Waals surface area contributed by atoms with Crippen molar-refractivity contribution in [2.75, 3.05) is 13.2 Å². The Kier molecular flexibility index (Phi) is 7.38. The Hall–Kier alpha value is -0.910. The van der Waals surface area contributed by atoms with E-state index in [0.717, 1.165) is 37.7 Å². The molecule has 0 aromatic carbocycles. The summed E-state index contributed by atoms with van der Waals surface area (Å²) < 4.78 is 4.96. The summed E-state index contributed by atoms with van der Waals surface area (Å²) in [5, 5.41) is 29.3. The molecule has 5 nitrogen and oxygen atoms in total. The summed E-state index contributed by atoms with van der Waals surface area (Å²) in [5.74, 6) is 0.324. The van der Waals surface area contributed by atoms with E-state index in [1.54, 1.807) is 0 Å². The van der Waals surface area contributed by atoms with Gasteiger partial charge in [0.2, 0.25) is 0 Å². The van der Waals surface area contributed by atoms with Crippen molar-refractivity contribution in [3.05, 3.63) is 11.6 Å². The van der Waals surface area contributed by atoms with E-state index in [2.05, 4.69) is 20.8 Å². The summed E-state index contributed by atoms with van der Waals surface area (Å²) in [7, 11) is 0. The average Bonchev–Trinajstić information content (AvgIpc) is 2.57. The summed E-state index contributed by atoms with van der Waals surface area (Å²) in [4.78, 5) is 11.9. The molecule has 2 rings (SSSR count). The van der Waals surface area contributed by atoms with Gasteiger partial charge in [-0.15, -0.1) is 0 Å². The summed E-state index contributed by atoms with van der Waals surface area (Å²) in [6, 6.07) is 0. The molecular formula is C23H40O5. The SMILES string of the molecule is CC(=CC(=O)OC[C@H](O)CO)CC[C@@H]1[C@@]2(C)CCCC(C)(C)[C@@H]2CC[C@@]1(C)O. The summed E-state index contributed by atoms with van der Waals surface area (Å²) in [6.45, 7) is 10.4. The summed E-state index contributed by atoms with van der Waals surface area (Å²) >= 11 is 0. The lowest BCUT2D eigenvalue weighted by molar-refractivity contribution is -0.168. The van der Waals surface area contributed by atoms with Crippen LogP contribution in [0, 0.1) is 22.7 Å². The molecule has 5 heteroatoms. The zero-order chi connectivity index (χ0) is 21.2. The highest BCUT2D eigenvalue weighted by Gasteiger charge is 2.57. The van der Waals surface area contributed by atoms with Crippen LogP contribution in [0.25, 0.3) is 0 Å². The van der Waals surface area contributed by atoms with E-state index >= 15 is 0 Å². The fraction of sp³-hybridized carbons (Fsp3) is 0.870. The van der Waals surface area contributed by atoms with E-state index in [4.69, 9.17) is 9.84 Å². The number of rotatable bonds is 7. The second kappa shape index (κ2) is 8.85. The summed E-state index contributed by atoms with van der Waals surface area (Å²) in [5.41, 5.74) is 0.671. The molecule has 0 heterocycles. The van der Waals surface area contributed by atoms with Crippen LogP contribution >= 0.6 is 0 Å². The number of fused-ring (bicyclic) bond motifs is 1. The van der Waals surface area contributed by atoms with Gasteiger partial charge in [0.15, 0.2) is 0 Å². The molecule has 2 saturated carbocycles. The number of hydrogen-bond donors (Lipinski definition) is 3. The van der Waals surface area contributed by atoms with Gasteiger partial charge in [0.05, 0.1) is 12.2 Å². The Morgan fingerprint density at radius 1 is 1.21 bits per heavy atom. The molecule has 2 fully saturated rings. The van der Waals surface area contributed by atoms with Gasteiger partial charge in [-0.1, -0.05) is 32.8 Å². The molecule has 162 valence electrons. The minimum atomic E-state index is -1.04. The van der Waals surface area contributed by atoms with E-state index in [9.17, 15) is 15.0 Å². The Morgan fingerprint density at radius 3 is 2.54 bits per heavy atom. The topological polar surface area (TPSA) is 87.0 Å². The van der Waals surface area contributed by atoms with Crippen LogP contribution in [0.4, 0.5) is 0 Å². The second-order valence-electron chi connectivity index (χ2n) is 10.3. The lowest BCUT2D eigenvalue weighted by Gasteiger charge is -2.61. The number of carbonyl (C=O) groups is 1. The van der Waals surface area contributed by atoms with Gasteiger partial charge in [-0.25, -0.2) is 4.79 Å². The Morgan fingerprint density at radius 2 is 1.89 bits per heavy atom. The van der Waals surface area contributed by atoms with E-state index in [-0.39, 0.29) is 17.9 Å². The molecular weight excluding hydrogens is 356 g/mol. The van der Waals surface area contributed by atoms with Crippen LogP contribution in [0.5, 0.6) is 0 Å². The van der Waals surface area contributed by atoms with Crippen LogP contribution < -0.4 is 0 Å². The average molecular weight is 397 g/mol. The third kappa shape index (κ3) is 5.17. The maximum Gasteiger partial charge on any atom is 0.330 e. The highest BCUT2D eigenvalue weighted by Crippen LogP contribution is 2.62. The first-order valence-electron chi connectivity index (χ1n) is 10.8. The molecule has 0 bridgehead atoms. The molecule has 2 aliphatic rings. The van der Waals surface area contributed by atoms with Crippen molar-refractivity contribution in [1.29, 1.82) is 0 Å². The minimum Gasteiger partial charge on any atom is -0.460 e. The molecule has 3 N–H and O–H groups in total. The monoisotopic (exact) mass is 396 g/mol. The van der Waals surface area contributed by atoms with Crippen molar-refractivity contribution in [2.24, 2.45) is 22.7 Å². The van der Waals surface area contributed by atoms with Gasteiger partial charge in [0.25, 0.3) is 0 Å². The van der Waals surface area contributed by atoms with Crippen molar-refractivity contribution < 1.29 is 24.9 Å². The van der Waals surface area contributed by atoms with Gasteiger partial charge in [-0.05, 0) is 75.0 Å². The van der Waals surface area contributed by atoms with Gasteiger partial charge >= 0.3 is 5.97 Å². The van der Waals surface area contributed by atoms with E-state index in [1.807, 2.05) is 13.8 Å². The van der Waals surface area contributed by atoms with Crippen LogP contribution in [0.2, 0.25) is 0 Å². The van der Waals surface area contributed by atoms with Crippen molar-refractivity contribution in [1.82, 2.24) is 0 Å². The van der Waals surface area contributed by atoms with Crippen LogP contribution in [-0.2, 0) is 9.53 Å². The number of aliphatic hydroxyl groups excluding tert-OH is 2. The van der Waals surface area contributed by atoms with Crippen LogP contribution in [0.1, 0.15) is 79.6 Å². The first-order chi connectivity index (χ1) is 12.9. The summed E-state index contributed by atoms with van der Waals surface area (Å²) in [6.07, 6.45) is 7.56. The van der Waals surface area contributed by atoms with Crippen LogP contribution in [-0.4, -0.2) is 46.2 Å². The van der Waals surface area contributed by atoms with E-state index < -0.39 is 24.3 Å². The number of hydrogen-bond acceptors (Lipinski definition) is 5. The quantitative estimate of drug-likeness (QED) is 0.452. The Balaban J connectivity index is 2.05. The van der Waals surface area contributed by atoms with Crippen molar-refractivity contribution >= 4 is 5.97 Å². The van der Waals surface area contributed by atoms with E-state index in [0.29, 0.717) is 11.3 Å². The number of esters is 1. The molecule has 0 radical (unpaired) electrons. The number of carbonyl (C=O) groups excluding carboxylic acids is 1. The molecule has 0 spiro atoms. The standard InChI is InChI=1S/C23H40O5/c1-16(13-20(26)28-15-17(25)14-24)7-8-19-22(4)11-6-10-21(2,3)18(22)9-12-23(19,5)27/h13,17-19,24-25,27H,6-12,14-15H2,1-5H3/t17-,18+,19-,22+,23-/m1/s1. The van der Waals surface area contributed by atoms with Crippen molar-refractivity contribution in [3.8, 4) is 0 Å². The van der Waals surface area contributed by atoms with Crippen LogP contribution in [0.3, 0.4) is 0 Å². The highest BCUT2D eigenvalue weighted by atomic mass is 16.5. The zero-order valence-corrected chi connectivity index (χ0v) is 18.3. The predicted molar refractivity (Wildman–Crippen MR) is 110 cm³/mol. The fourth-order valence-corrected chi connectivity index (χ4v) is 6.18. The van der Waals surface area contributed by atoms with Gasteiger partial charge in [0, 0.05) is 6.08 Å². The molecule has 2 aliphatic carbocycles. The molecule has 0 aliphatic heterocycles. The molecule has 28 heavy (non-hydrogen) atoms. The second-order valence-corrected chi connectivity index (χ2v) is 10.3. The maximum atomic E-state index is 11.9. The van der Waals surface area contributed by atoms with Gasteiger partial charge < -0.3 is 20.1 Å². The first kappa shape index (κ1) is 23.4. The van der Waals surface area contributed by atoms with Gasteiger partial charge in [0.1, 0.15) is 12.7 Å². The lowest BCUT2D eigenvalue weighted by Crippen LogP contribution is -2.57. The first-order valence-corrected chi connectivity index (χ1v) is 10.8. The predicted octanol–water partition coefficient (Wildman–Crippen LogP) is 3.60. The van der Waals surface area contributed by atoms with Gasteiger partial charge in [-0.3, -0.25) is 0 Å². The molecule has 0 amide bonds. The van der Waals surface area contributed by atoms with Crippen molar-refractivity contribution in [2.45, 2.75) is 91.3 Å². The number of aliphatic hydroxyl groups is 3. The fourth-order valence-electron chi connectivity index (χ4n) is 6.18. The maximum absolute atomic E-state index is 11.9. The molecule has 0 aromatic rings. The Bertz CT molecular complexity index is 580. The number of allylic oxidation sites excluding steroid dienone is 1. The third-order valence-corrected chi connectivity index (χ3v) is 7.58. The normalized spacial score (nSPS) is 36.5. The number of ether oxygens (including phenoxy) is 1. The third-order valence-electron chi connectivity index (χ3n) is 7.58. The largest absolute Gasteiger partial charge is 0.460 e. The van der Waals surface area contributed by atoms with E-state index in [1.165, 1.54) is 18.9 Å².